The van der Waals surface area contributed by atoms with Crippen LogP contribution in [-0.2, 0) is 9.59 Å². The van der Waals surface area contributed by atoms with E-state index in [-0.39, 0.29) is 23.9 Å². The fourth-order valence-electron chi connectivity index (χ4n) is 3.46. The van der Waals surface area contributed by atoms with Crippen LogP contribution in [-0.4, -0.2) is 31.4 Å². The van der Waals surface area contributed by atoms with Crippen LogP contribution in [0.4, 0.5) is 15.8 Å². The van der Waals surface area contributed by atoms with Crippen LogP contribution in [0.1, 0.15) is 26.2 Å². The molecule has 0 spiro atoms. The third-order valence-electron chi connectivity index (χ3n) is 4.78. The minimum Gasteiger partial charge on any atom is -0.493 e. The first-order chi connectivity index (χ1) is 13.9. The molecule has 1 fully saturated rings. The first kappa shape index (κ1) is 21.1. The molecule has 1 heterocycles. The number of nitrogens with one attached hydrogen (secondary N) is 1. The van der Waals surface area contributed by atoms with Crippen LogP contribution >= 0.6 is 11.6 Å². The second kappa shape index (κ2) is 9.74. The number of carbonyl (C=O) groups excluding carboxylic acids is 2. The fraction of sp³-hybridized carbons (Fsp3) is 0.364. The Hall–Kier alpha value is -2.60. The molecular weight excluding hydrogens is 395 g/mol. The van der Waals surface area contributed by atoms with Gasteiger partial charge in [0.1, 0.15) is 17.3 Å². The van der Waals surface area contributed by atoms with Crippen molar-refractivity contribution in [1.29, 1.82) is 0 Å². The van der Waals surface area contributed by atoms with Gasteiger partial charge in [-0.3, -0.25) is 9.59 Å². The number of Topliss-reactive ketones (excluding diaryl/α,β-unsaturated/α-hetero) is 1. The lowest BCUT2D eigenvalue weighted by Crippen LogP contribution is -2.37. The highest BCUT2D eigenvalue weighted by Crippen LogP contribution is 2.32. The summed E-state index contributed by atoms with van der Waals surface area (Å²) in [6, 6.07) is 11.5. The van der Waals surface area contributed by atoms with E-state index in [0.717, 1.165) is 31.6 Å². The van der Waals surface area contributed by atoms with Gasteiger partial charge < -0.3 is 15.0 Å². The number of hydrogen-bond acceptors (Lipinski definition) is 4. The Labute approximate surface area is 174 Å². The molecule has 29 heavy (non-hydrogen) atoms. The van der Waals surface area contributed by atoms with Crippen molar-refractivity contribution in [3.8, 4) is 5.75 Å². The summed E-state index contributed by atoms with van der Waals surface area (Å²) in [5, 5.41) is 3.22. The standard InChI is InChI=1S/C22H24ClFN2O3/c1-15(27)10-22(28)25-18-7-8-21(20(23)12-18)26-9-3-4-16(13-26)14-29-19-6-2-5-17(24)11-19/h2,5-8,11-12,16H,3-4,9-10,13-14H2,1H3,(H,25,28). The van der Waals surface area contributed by atoms with Gasteiger partial charge in [-0.1, -0.05) is 17.7 Å². The largest absolute Gasteiger partial charge is 0.493 e. The minimum absolute atomic E-state index is 0.154. The van der Waals surface area contributed by atoms with Gasteiger partial charge in [0.05, 0.1) is 23.7 Å². The number of halogens is 2. The van der Waals surface area contributed by atoms with Crippen LogP contribution in [0, 0.1) is 11.7 Å². The average Bonchev–Trinajstić information content (AvgIpc) is 2.66. The normalized spacial score (nSPS) is 16.4. The predicted molar refractivity (Wildman–Crippen MR) is 112 cm³/mol. The first-order valence-electron chi connectivity index (χ1n) is 9.63. The predicted octanol–water partition coefficient (Wildman–Crippen LogP) is 4.69. The fourth-order valence-corrected chi connectivity index (χ4v) is 3.76. The van der Waals surface area contributed by atoms with Gasteiger partial charge in [0.25, 0.3) is 0 Å². The molecular formula is C22H24ClFN2O3. The lowest BCUT2D eigenvalue weighted by atomic mass is 9.98. The van der Waals surface area contributed by atoms with E-state index in [0.29, 0.717) is 29.0 Å². The molecule has 0 saturated carbocycles. The highest BCUT2D eigenvalue weighted by Gasteiger charge is 2.22. The molecule has 0 aromatic heterocycles. The van der Waals surface area contributed by atoms with Gasteiger partial charge in [-0.15, -0.1) is 0 Å². The maximum atomic E-state index is 13.3. The number of anilines is 2. The summed E-state index contributed by atoms with van der Waals surface area (Å²) in [6.07, 6.45) is 1.88. The van der Waals surface area contributed by atoms with Gasteiger partial charge in [-0.25, -0.2) is 4.39 Å². The molecule has 154 valence electrons. The van der Waals surface area contributed by atoms with Crippen molar-refractivity contribution in [2.75, 3.05) is 29.9 Å². The SMILES string of the molecule is CC(=O)CC(=O)Nc1ccc(N2CCCC(COc3cccc(F)c3)C2)c(Cl)c1. The monoisotopic (exact) mass is 418 g/mol. The van der Waals surface area contributed by atoms with E-state index in [9.17, 15) is 14.0 Å². The minimum atomic E-state index is -0.353. The average molecular weight is 419 g/mol. The van der Waals surface area contributed by atoms with Crippen LogP contribution in [0.2, 0.25) is 5.02 Å². The third-order valence-corrected chi connectivity index (χ3v) is 5.09. The summed E-state index contributed by atoms with van der Waals surface area (Å²) in [4.78, 5) is 25.0. The van der Waals surface area contributed by atoms with E-state index in [1.165, 1.54) is 19.1 Å². The zero-order valence-corrected chi connectivity index (χ0v) is 17.0. The molecule has 2 aromatic carbocycles. The van der Waals surface area contributed by atoms with Crippen molar-refractivity contribution in [3.63, 3.8) is 0 Å². The summed E-state index contributed by atoms with van der Waals surface area (Å²) in [5.41, 5.74) is 1.46. The molecule has 0 radical (unpaired) electrons. The molecule has 1 N–H and O–H groups in total. The smallest absolute Gasteiger partial charge is 0.231 e. The molecule has 1 saturated heterocycles. The van der Waals surface area contributed by atoms with Gasteiger partial charge in [0, 0.05) is 30.8 Å². The molecule has 1 atom stereocenters. The topological polar surface area (TPSA) is 58.6 Å². The highest BCUT2D eigenvalue weighted by atomic mass is 35.5. The highest BCUT2D eigenvalue weighted by molar-refractivity contribution is 6.33. The van der Waals surface area contributed by atoms with Crippen molar-refractivity contribution >= 4 is 34.7 Å². The zero-order chi connectivity index (χ0) is 20.8. The zero-order valence-electron chi connectivity index (χ0n) is 16.3. The lowest BCUT2D eigenvalue weighted by Gasteiger charge is -2.35. The van der Waals surface area contributed by atoms with Gasteiger partial charge >= 0.3 is 0 Å². The van der Waals surface area contributed by atoms with Crippen molar-refractivity contribution < 1.29 is 18.7 Å². The molecule has 5 nitrogen and oxygen atoms in total. The van der Waals surface area contributed by atoms with Crippen LogP contribution in [0.5, 0.6) is 5.75 Å². The maximum Gasteiger partial charge on any atom is 0.231 e. The van der Waals surface area contributed by atoms with E-state index in [4.69, 9.17) is 16.3 Å². The number of rotatable bonds is 7. The summed E-state index contributed by atoms with van der Waals surface area (Å²) in [6.45, 7) is 3.55. The van der Waals surface area contributed by atoms with Crippen molar-refractivity contribution in [2.24, 2.45) is 5.92 Å². The number of amides is 1. The molecule has 1 aliphatic rings. The molecule has 7 heteroatoms. The Morgan fingerprint density at radius 2 is 2.10 bits per heavy atom. The van der Waals surface area contributed by atoms with E-state index < -0.39 is 0 Å². The molecule has 1 amide bonds. The summed E-state index contributed by atoms with van der Waals surface area (Å²) in [7, 11) is 0. The van der Waals surface area contributed by atoms with Crippen LogP contribution < -0.4 is 15.0 Å². The Balaban J connectivity index is 1.59. The molecule has 1 aliphatic heterocycles. The van der Waals surface area contributed by atoms with Crippen molar-refractivity contribution in [3.05, 3.63) is 53.3 Å². The second-order valence-electron chi connectivity index (χ2n) is 7.32. The Bertz CT molecular complexity index is 890. The molecule has 1 unspecified atom stereocenters. The molecule has 0 bridgehead atoms. The van der Waals surface area contributed by atoms with E-state index >= 15 is 0 Å². The first-order valence-corrected chi connectivity index (χ1v) is 10.0. The molecule has 0 aliphatic carbocycles. The summed E-state index contributed by atoms with van der Waals surface area (Å²) >= 11 is 6.46. The quantitative estimate of drug-likeness (QED) is 0.662. The van der Waals surface area contributed by atoms with Crippen LogP contribution in [0.3, 0.4) is 0 Å². The number of ketones is 1. The number of hydrogen-bond donors (Lipinski definition) is 1. The van der Waals surface area contributed by atoms with Crippen LogP contribution in [0.25, 0.3) is 0 Å². The van der Waals surface area contributed by atoms with E-state index in [2.05, 4.69) is 10.2 Å². The molecule has 2 aromatic rings. The van der Waals surface area contributed by atoms with E-state index in [1.807, 2.05) is 6.07 Å². The number of piperidine rings is 1. The number of benzene rings is 2. The maximum absolute atomic E-state index is 13.3. The molecule has 3 rings (SSSR count). The van der Waals surface area contributed by atoms with Crippen molar-refractivity contribution in [2.45, 2.75) is 26.2 Å². The van der Waals surface area contributed by atoms with Gasteiger partial charge in [-0.05, 0) is 50.1 Å². The van der Waals surface area contributed by atoms with Gasteiger partial charge in [-0.2, -0.15) is 0 Å². The Morgan fingerprint density at radius 3 is 2.83 bits per heavy atom. The van der Waals surface area contributed by atoms with Crippen LogP contribution in [0.15, 0.2) is 42.5 Å². The number of ether oxygens (including phenoxy) is 1. The summed E-state index contributed by atoms with van der Waals surface area (Å²) in [5.74, 6) is -0.0160. The lowest BCUT2D eigenvalue weighted by molar-refractivity contribution is -0.124. The van der Waals surface area contributed by atoms with Crippen molar-refractivity contribution in [1.82, 2.24) is 0 Å². The Morgan fingerprint density at radius 1 is 1.28 bits per heavy atom. The third kappa shape index (κ3) is 6.19. The van der Waals surface area contributed by atoms with Gasteiger partial charge in [0.15, 0.2) is 0 Å². The number of carbonyl (C=O) groups is 2. The number of nitrogens with zero attached hydrogens (tertiary/aromatic N) is 1. The summed E-state index contributed by atoms with van der Waals surface area (Å²) < 4.78 is 19.0. The second-order valence-corrected chi connectivity index (χ2v) is 7.72. The van der Waals surface area contributed by atoms with E-state index in [1.54, 1.807) is 24.3 Å². The van der Waals surface area contributed by atoms with Gasteiger partial charge in [0.2, 0.25) is 5.91 Å². The Kier molecular flexibility index (Phi) is 7.09.